The minimum atomic E-state index is 0.189. The lowest BCUT2D eigenvalue weighted by molar-refractivity contribution is 0.305. The average molecular weight is 322 g/mol. The van der Waals surface area contributed by atoms with E-state index in [4.69, 9.17) is 4.74 Å². The van der Waals surface area contributed by atoms with Crippen LogP contribution in [0.2, 0.25) is 0 Å². The van der Waals surface area contributed by atoms with Gasteiger partial charge in [-0.3, -0.25) is 0 Å². The Labute approximate surface area is 144 Å². The van der Waals surface area contributed by atoms with Crippen molar-refractivity contribution in [1.82, 2.24) is 9.97 Å². The van der Waals surface area contributed by atoms with E-state index in [9.17, 15) is 0 Å². The molecule has 0 fully saturated rings. The Balaban J connectivity index is 1.69. The summed E-state index contributed by atoms with van der Waals surface area (Å²) in [6, 6.07) is 16.8. The van der Waals surface area contributed by atoms with E-state index in [0.717, 1.165) is 18.8 Å². The van der Waals surface area contributed by atoms with Crippen LogP contribution in [-0.2, 0) is 0 Å². The smallest absolute Gasteiger partial charge is 0.119 e. The molecule has 0 aliphatic rings. The molecule has 2 aromatic heterocycles. The predicted octanol–water partition coefficient (Wildman–Crippen LogP) is 5.48. The molecule has 3 rings (SSSR count). The topological polar surface area (TPSA) is 40.8 Å². The fourth-order valence-electron chi connectivity index (χ4n) is 3.05. The standard InChI is InChI=1S/C21H26N2O/c1-2-3-4-5-16-24-18-12-10-17(11-13-18)21(19-8-6-14-22-19)20-9-7-15-23-20/h6-15,21-23H,2-5,16H2,1H3. The summed E-state index contributed by atoms with van der Waals surface area (Å²) in [4.78, 5) is 6.68. The van der Waals surface area contributed by atoms with Gasteiger partial charge in [0.05, 0.1) is 12.5 Å². The molecule has 3 aromatic rings. The first kappa shape index (κ1) is 16.4. The molecule has 0 unspecified atom stereocenters. The van der Waals surface area contributed by atoms with Crippen LogP contribution >= 0.6 is 0 Å². The Kier molecular flexibility index (Phi) is 5.78. The van der Waals surface area contributed by atoms with Gasteiger partial charge in [-0.05, 0) is 48.4 Å². The summed E-state index contributed by atoms with van der Waals surface area (Å²) in [6.45, 7) is 3.03. The van der Waals surface area contributed by atoms with Crippen molar-refractivity contribution in [2.45, 2.75) is 38.5 Å². The summed E-state index contributed by atoms with van der Waals surface area (Å²) in [5.74, 6) is 1.14. The first-order valence-electron chi connectivity index (χ1n) is 8.88. The van der Waals surface area contributed by atoms with Gasteiger partial charge in [0.1, 0.15) is 5.75 Å². The molecule has 0 saturated carbocycles. The Morgan fingerprint density at radius 2 is 1.50 bits per heavy atom. The number of unbranched alkanes of at least 4 members (excludes halogenated alkanes) is 3. The molecule has 0 bridgehead atoms. The zero-order valence-electron chi connectivity index (χ0n) is 14.3. The summed E-state index contributed by atoms with van der Waals surface area (Å²) in [7, 11) is 0. The molecule has 3 nitrogen and oxygen atoms in total. The highest BCUT2D eigenvalue weighted by Gasteiger charge is 2.18. The number of rotatable bonds is 9. The van der Waals surface area contributed by atoms with Gasteiger partial charge in [0, 0.05) is 23.8 Å². The fourth-order valence-corrected chi connectivity index (χ4v) is 3.05. The molecule has 0 saturated heterocycles. The summed E-state index contributed by atoms with van der Waals surface area (Å²) in [5.41, 5.74) is 3.62. The number of benzene rings is 1. The van der Waals surface area contributed by atoms with E-state index in [1.165, 1.54) is 36.2 Å². The van der Waals surface area contributed by atoms with Gasteiger partial charge in [-0.25, -0.2) is 0 Å². The monoisotopic (exact) mass is 322 g/mol. The van der Waals surface area contributed by atoms with Crippen molar-refractivity contribution >= 4 is 0 Å². The first-order chi connectivity index (χ1) is 11.9. The number of hydrogen-bond donors (Lipinski definition) is 2. The van der Waals surface area contributed by atoms with Crippen molar-refractivity contribution in [2.24, 2.45) is 0 Å². The number of ether oxygens (including phenoxy) is 1. The Morgan fingerprint density at radius 3 is 2.04 bits per heavy atom. The highest BCUT2D eigenvalue weighted by molar-refractivity contribution is 5.40. The van der Waals surface area contributed by atoms with Gasteiger partial charge in [0.2, 0.25) is 0 Å². The van der Waals surface area contributed by atoms with Crippen LogP contribution in [0.5, 0.6) is 5.75 Å². The second-order valence-electron chi connectivity index (χ2n) is 6.16. The van der Waals surface area contributed by atoms with E-state index in [1.54, 1.807) is 0 Å². The quantitative estimate of drug-likeness (QED) is 0.503. The molecule has 1 aromatic carbocycles. The molecule has 0 amide bonds. The van der Waals surface area contributed by atoms with Gasteiger partial charge in [-0.15, -0.1) is 0 Å². The lowest BCUT2D eigenvalue weighted by Crippen LogP contribution is -2.04. The maximum absolute atomic E-state index is 5.85. The van der Waals surface area contributed by atoms with E-state index in [0.29, 0.717) is 0 Å². The lowest BCUT2D eigenvalue weighted by Gasteiger charge is -2.16. The van der Waals surface area contributed by atoms with Crippen LogP contribution in [0.25, 0.3) is 0 Å². The van der Waals surface area contributed by atoms with E-state index >= 15 is 0 Å². The summed E-state index contributed by atoms with van der Waals surface area (Å²) < 4.78 is 5.85. The van der Waals surface area contributed by atoms with Gasteiger partial charge in [-0.2, -0.15) is 0 Å². The third-order valence-corrected chi connectivity index (χ3v) is 4.35. The lowest BCUT2D eigenvalue weighted by atomic mass is 9.92. The third-order valence-electron chi connectivity index (χ3n) is 4.35. The Bertz CT molecular complexity index is 650. The van der Waals surface area contributed by atoms with E-state index < -0.39 is 0 Å². The van der Waals surface area contributed by atoms with Gasteiger partial charge in [0.25, 0.3) is 0 Å². The number of aromatic amines is 2. The van der Waals surface area contributed by atoms with Crippen molar-refractivity contribution in [1.29, 1.82) is 0 Å². The number of nitrogens with one attached hydrogen (secondary N) is 2. The van der Waals surface area contributed by atoms with Crippen LogP contribution in [0.1, 0.15) is 55.5 Å². The maximum atomic E-state index is 5.85. The molecule has 126 valence electrons. The highest BCUT2D eigenvalue weighted by Crippen LogP contribution is 2.30. The van der Waals surface area contributed by atoms with Gasteiger partial charge in [0.15, 0.2) is 0 Å². The minimum Gasteiger partial charge on any atom is -0.494 e. The predicted molar refractivity (Wildman–Crippen MR) is 98.6 cm³/mol. The number of H-pyrrole nitrogens is 2. The average Bonchev–Trinajstić information content (AvgIpc) is 3.31. The molecule has 2 heterocycles. The van der Waals surface area contributed by atoms with Crippen molar-refractivity contribution in [3.05, 3.63) is 77.9 Å². The van der Waals surface area contributed by atoms with Crippen LogP contribution in [0.4, 0.5) is 0 Å². The Hall–Kier alpha value is -2.42. The van der Waals surface area contributed by atoms with Gasteiger partial charge >= 0.3 is 0 Å². The van der Waals surface area contributed by atoms with E-state index in [-0.39, 0.29) is 5.92 Å². The first-order valence-corrected chi connectivity index (χ1v) is 8.88. The molecule has 24 heavy (non-hydrogen) atoms. The normalized spacial score (nSPS) is 11.1. The zero-order chi connectivity index (χ0) is 16.6. The SMILES string of the molecule is CCCCCCOc1ccc(C(c2ccc[nH]2)c2ccc[nH]2)cc1. The van der Waals surface area contributed by atoms with Crippen molar-refractivity contribution in [2.75, 3.05) is 6.61 Å². The third kappa shape index (κ3) is 4.10. The maximum Gasteiger partial charge on any atom is 0.119 e. The molecule has 0 aliphatic heterocycles. The van der Waals surface area contributed by atoms with Crippen LogP contribution < -0.4 is 4.74 Å². The number of hydrogen-bond acceptors (Lipinski definition) is 1. The molecular formula is C21H26N2O. The van der Waals surface area contributed by atoms with Crippen LogP contribution in [0, 0.1) is 0 Å². The van der Waals surface area contributed by atoms with Crippen LogP contribution in [0.3, 0.4) is 0 Å². The molecular weight excluding hydrogens is 296 g/mol. The molecule has 0 aliphatic carbocycles. The zero-order valence-corrected chi connectivity index (χ0v) is 14.3. The van der Waals surface area contributed by atoms with Crippen molar-refractivity contribution in [3.63, 3.8) is 0 Å². The largest absolute Gasteiger partial charge is 0.494 e. The van der Waals surface area contributed by atoms with Crippen LogP contribution in [0.15, 0.2) is 60.9 Å². The summed E-state index contributed by atoms with van der Waals surface area (Å²) in [5, 5.41) is 0. The molecule has 2 N–H and O–H groups in total. The number of aromatic nitrogens is 2. The van der Waals surface area contributed by atoms with Gasteiger partial charge < -0.3 is 14.7 Å². The molecule has 0 radical (unpaired) electrons. The summed E-state index contributed by atoms with van der Waals surface area (Å²) >= 11 is 0. The minimum absolute atomic E-state index is 0.189. The molecule has 0 atom stereocenters. The second kappa shape index (κ2) is 8.44. The highest BCUT2D eigenvalue weighted by atomic mass is 16.5. The van der Waals surface area contributed by atoms with Crippen molar-refractivity contribution in [3.8, 4) is 5.75 Å². The Morgan fingerprint density at radius 1 is 0.833 bits per heavy atom. The summed E-state index contributed by atoms with van der Waals surface area (Å²) in [6.07, 6.45) is 8.86. The van der Waals surface area contributed by atoms with E-state index in [1.807, 2.05) is 24.5 Å². The van der Waals surface area contributed by atoms with Crippen LogP contribution in [-0.4, -0.2) is 16.6 Å². The molecule has 0 spiro atoms. The van der Waals surface area contributed by atoms with Gasteiger partial charge in [-0.1, -0.05) is 38.3 Å². The van der Waals surface area contributed by atoms with Crippen molar-refractivity contribution < 1.29 is 4.74 Å². The fraction of sp³-hybridized carbons (Fsp3) is 0.333. The van der Waals surface area contributed by atoms with E-state index in [2.05, 4.69) is 53.3 Å². The molecule has 3 heteroatoms. The second-order valence-corrected chi connectivity index (χ2v) is 6.16.